The van der Waals surface area contributed by atoms with E-state index in [0.717, 1.165) is 11.1 Å². The number of ether oxygens (including phenoxy) is 1. The fraction of sp³-hybridized carbons (Fsp3) is 0.300. The number of fused-ring (bicyclic) bond motifs is 1. The van der Waals surface area contributed by atoms with Gasteiger partial charge in [-0.15, -0.1) is 0 Å². The molecule has 28 heavy (non-hydrogen) atoms. The molecule has 0 aliphatic carbocycles. The van der Waals surface area contributed by atoms with Crippen molar-refractivity contribution in [1.29, 1.82) is 0 Å². The number of hydrogen-bond acceptors (Lipinski definition) is 3. The molecule has 1 fully saturated rings. The van der Waals surface area contributed by atoms with E-state index in [2.05, 4.69) is 4.98 Å². The largest absolute Gasteiger partial charge is 0.378 e. The van der Waals surface area contributed by atoms with Crippen molar-refractivity contribution in [3.63, 3.8) is 0 Å². The van der Waals surface area contributed by atoms with E-state index in [-0.39, 0.29) is 18.3 Å². The molecule has 1 aliphatic heterocycles. The average molecular weight is 422 g/mol. The standard InChI is InChI=1S/C20H18Cl2FN3O2/c21-15-10-17-18(11-16(15)22)26(12-20(27)25-5-7-28-8-6-25)19(24-17)9-13-1-3-14(23)4-2-13/h1-4,10-11H,5-9,12H2. The van der Waals surface area contributed by atoms with Crippen LogP contribution in [0.25, 0.3) is 11.0 Å². The van der Waals surface area contributed by atoms with Gasteiger partial charge in [-0.2, -0.15) is 0 Å². The van der Waals surface area contributed by atoms with Crippen LogP contribution in [0, 0.1) is 5.82 Å². The highest BCUT2D eigenvalue weighted by Crippen LogP contribution is 2.29. The van der Waals surface area contributed by atoms with Crippen molar-refractivity contribution in [3.8, 4) is 0 Å². The average Bonchev–Trinajstić information content (AvgIpc) is 3.01. The Bertz CT molecular complexity index is 1010. The fourth-order valence-electron chi connectivity index (χ4n) is 3.31. The van der Waals surface area contributed by atoms with Crippen LogP contribution in [0.15, 0.2) is 36.4 Å². The Hall–Kier alpha value is -2.15. The summed E-state index contributed by atoms with van der Waals surface area (Å²) in [5, 5.41) is 0.814. The van der Waals surface area contributed by atoms with E-state index < -0.39 is 0 Å². The maximum atomic E-state index is 13.2. The van der Waals surface area contributed by atoms with E-state index in [9.17, 15) is 9.18 Å². The molecule has 0 radical (unpaired) electrons. The second-order valence-corrected chi connectivity index (χ2v) is 7.48. The molecule has 0 saturated carbocycles. The van der Waals surface area contributed by atoms with Gasteiger partial charge in [0, 0.05) is 19.5 Å². The number of rotatable bonds is 4. The Morgan fingerprint density at radius 3 is 2.50 bits per heavy atom. The summed E-state index contributed by atoms with van der Waals surface area (Å²) in [7, 11) is 0. The summed E-state index contributed by atoms with van der Waals surface area (Å²) < 4.78 is 20.4. The lowest BCUT2D eigenvalue weighted by Gasteiger charge is -2.27. The fourth-order valence-corrected chi connectivity index (χ4v) is 3.63. The Balaban J connectivity index is 1.71. The number of aromatic nitrogens is 2. The SMILES string of the molecule is O=C(Cn1c(Cc2ccc(F)cc2)nc2cc(Cl)c(Cl)cc21)N1CCOCC1. The summed E-state index contributed by atoms with van der Waals surface area (Å²) >= 11 is 12.3. The summed E-state index contributed by atoms with van der Waals surface area (Å²) in [6.07, 6.45) is 0.459. The van der Waals surface area contributed by atoms with Gasteiger partial charge in [-0.3, -0.25) is 4.79 Å². The third kappa shape index (κ3) is 3.99. The zero-order chi connectivity index (χ0) is 19.7. The lowest BCUT2D eigenvalue weighted by molar-refractivity contribution is -0.135. The van der Waals surface area contributed by atoms with E-state index >= 15 is 0 Å². The Morgan fingerprint density at radius 2 is 1.79 bits per heavy atom. The number of benzene rings is 2. The van der Waals surface area contributed by atoms with Gasteiger partial charge in [0.1, 0.15) is 18.2 Å². The second-order valence-electron chi connectivity index (χ2n) is 6.67. The van der Waals surface area contributed by atoms with Gasteiger partial charge >= 0.3 is 0 Å². The number of hydrogen-bond donors (Lipinski definition) is 0. The lowest BCUT2D eigenvalue weighted by atomic mass is 10.1. The second kappa shape index (κ2) is 8.07. The minimum atomic E-state index is -0.293. The molecule has 1 saturated heterocycles. The molecule has 2 heterocycles. The number of carbonyl (C=O) groups excluding carboxylic acids is 1. The maximum absolute atomic E-state index is 13.2. The first kappa shape index (κ1) is 19.2. The summed E-state index contributed by atoms with van der Waals surface area (Å²) in [4.78, 5) is 19.3. The van der Waals surface area contributed by atoms with Crippen LogP contribution in [0.1, 0.15) is 11.4 Å². The van der Waals surface area contributed by atoms with E-state index in [0.29, 0.717) is 54.1 Å². The molecule has 3 aromatic rings. The first-order chi connectivity index (χ1) is 13.5. The number of halogens is 3. The van der Waals surface area contributed by atoms with E-state index in [1.807, 2.05) is 4.57 Å². The minimum Gasteiger partial charge on any atom is -0.378 e. The monoisotopic (exact) mass is 421 g/mol. The Kier molecular flexibility index (Phi) is 5.53. The third-order valence-electron chi connectivity index (χ3n) is 4.80. The highest BCUT2D eigenvalue weighted by Gasteiger charge is 2.21. The highest BCUT2D eigenvalue weighted by molar-refractivity contribution is 6.42. The van der Waals surface area contributed by atoms with Crippen molar-refractivity contribution in [3.05, 3.63) is 63.6 Å². The van der Waals surface area contributed by atoms with Crippen molar-refractivity contribution < 1.29 is 13.9 Å². The molecule has 5 nitrogen and oxygen atoms in total. The molecule has 1 aromatic heterocycles. The van der Waals surface area contributed by atoms with Crippen molar-refractivity contribution in [2.45, 2.75) is 13.0 Å². The van der Waals surface area contributed by atoms with Gasteiger partial charge < -0.3 is 14.2 Å². The molecule has 8 heteroatoms. The van der Waals surface area contributed by atoms with Crippen LogP contribution in [-0.4, -0.2) is 46.7 Å². The highest BCUT2D eigenvalue weighted by atomic mass is 35.5. The summed E-state index contributed by atoms with van der Waals surface area (Å²) in [6.45, 7) is 2.38. The smallest absolute Gasteiger partial charge is 0.242 e. The topological polar surface area (TPSA) is 47.4 Å². The predicted octanol–water partition coefficient (Wildman–Crippen LogP) is 3.93. The molecule has 0 atom stereocenters. The number of morpholine rings is 1. The maximum Gasteiger partial charge on any atom is 0.242 e. The number of nitrogens with zero attached hydrogens (tertiary/aromatic N) is 3. The minimum absolute atomic E-state index is 0.00553. The van der Waals surface area contributed by atoms with E-state index in [1.54, 1.807) is 29.2 Å². The van der Waals surface area contributed by atoms with Crippen molar-refractivity contribution >= 4 is 40.1 Å². The van der Waals surface area contributed by atoms with Crippen LogP contribution in [0.3, 0.4) is 0 Å². The first-order valence-electron chi connectivity index (χ1n) is 8.95. The van der Waals surface area contributed by atoms with Crippen LogP contribution < -0.4 is 0 Å². The van der Waals surface area contributed by atoms with Gasteiger partial charge in [-0.05, 0) is 29.8 Å². The molecule has 1 aliphatic rings. The molecule has 0 unspecified atom stereocenters. The number of imidazole rings is 1. The molecule has 0 spiro atoms. The van der Waals surface area contributed by atoms with Gasteiger partial charge in [-0.25, -0.2) is 9.37 Å². The van der Waals surface area contributed by atoms with Crippen molar-refractivity contribution in [1.82, 2.24) is 14.5 Å². The zero-order valence-corrected chi connectivity index (χ0v) is 16.5. The third-order valence-corrected chi connectivity index (χ3v) is 5.52. The number of carbonyl (C=O) groups is 1. The predicted molar refractivity (Wildman–Crippen MR) is 106 cm³/mol. The normalized spacial score (nSPS) is 14.6. The Labute approximate surface area is 171 Å². The van der Waals surface area contributed by atoms with Crippen LogP contribution in [0.2, 0.25) is 10.0 Å². The number of amides is 1. The zero-order valence-electron chi connectivity index (χ0n) is 15.0. The summed E-state index contributed by atoms with van der Waals surface area (Å²) in [6, 6.07) is 9.67. The molecule has 2 aromatic carbocycles. The van der Waals surface area contributed by atoms with Crippen molar-refractivity contribution in [2.75, 3.05) is 26.3 Å². The van der Waals surface area contributed by atoms with Crippen molar-refractivity contribution in [2.24, 2.45) is 0 Å². The molecule has 0 N–H and O–H groups in total. The molecule has 146 valence electrons. The molecular weight excluding hydrogens is 404 g/mol. The van der Waals surface area contributed by atoms with Gasteiger partial charge in [0.05, 0.1) is 34.3 Å². The van der Waals surface area contributed by atoms with E-state index in [4.69, 9.17) is 27.9 Å². The summed E-state index contributed by atoms with van der Waals surface area (Å²) in [5.41, 5.74) is 2.31. The molecule has 4 rings (SSSR count). The molecular formula is C20H18Cl2FN3O2. The van der Waals surface area contributed by atoms with Crippen LogP contribution >= 0.6 is 23.2 Å². The van der Waals surface area contributed by atoms with Crippen LogP contribution in [0.4, 0.5) is 4.39 Å². The first-order valence-corrected chi connectivity index (χ1v) is 9.71. The molecule has 0 bridgehead atoms. The van der Waals surface area contributed by atoms with Gasteiger partial charge in [-0.1, -0.05) is 35.3 Å². The van der Waals surface area contributed by atoms with Gasteiger partial charge in [0.15, 0.2) is 0 Å². The van der Waals surface area contributed by atoms with Gasteiger partial charge in [0.2, 0.25) is 5.91 Å². The quantitative estimate of drug-likeness (QED) is 0.640. The lowest BCUT2D eigenvalue weighted by Crippen LogP contribution is -2.42. The van der Waals surface area contributed by atoms with Crippen LogP contribution in [-0.2, 0) is 22.5 Å². The summed E-state index contributed by atoms with van der Waals surface area (Å²) in [5.74, 6) is 0.397. The molecule has 1 amide bonds. The van der Waals surface area contributed by atoms with Crippen LogP contribution in [0.5, 0.6) is 0 Å². The van der Waals surface area contributed by atoms with E-state index in [1.165, 1.54) is 12.1 Å². The van der Waals surface area contributed by atoms with Gasteiger partial charge in [0.25, 0.3) is 0 Å². The Morgan fingerprint density at radius 1 is 1.11 bits per heavy atom.